The van der Waals surface area contributed by atoms with Crippen LogP contribution in [0.5, 0.6) is 0 Å². The Balaban J connectivity index is 1.80. The maximum absolute atomic E-state index is 13.1. The van der Waals surface area contributed by atoms with Crippen LogP contribution in [0.3, 0.4) is 0 Å². The van der Waals surface area contributed by atoms with Gasteiger partial charge >= 0.3 is 0 Å². The van der Waals surface area contributed by atoms with Crippen LogP contribution in [0.1, 0.15) is 30.7 Å². The Labute approximate surface area is 130 Å². The number of hydrogen-bond donors (Lipinski definition) is 0. The number of sulfone groups is 1. The van der Waals surface area contributed by atoms with E-state index in [1.165, 1.54) is 12.1 Å². The summed E-state index contributed by atoms with van der Waals surface area (Å²) in [5, 5.41) is 0. The van der Waals surface area contributed by atoms with Crippen molar-refractivity contribution in [1.29, 1.82) is 0 Å². The molecule has 0 spiro atoms. The number of likely N-dealkylation sites (N-methyl/N-ethyl adjacent to an activating group) is 1. The summed E-state index contributed by atoms with van der Waals surface area (Å²) in [6, 6.07) is 5.83. The van der Waals surface area contributed by atoms with Crippen LogP contribution in [0.25, 0.3) is 0 Å². The third kappa shape index (κ3) is 3.16. The summed E-state index contributed by atoms with van der Waals surface area (Å²) in [6.45, 7) is 0. The van der Waals surface area contributed by atoms with Gasteiger partial charge in [0.1, 0.15) is 5.82 Å². The highest BCUT2D eigenvalue weighted by Crippen LogP contribution is 2.44. The SMILES string of the molecule is CN(C(=O)C(c1ccc(F)cc1)C1CC1)C1CCS(=O)(=O)C1. The third-order valence-corrected chi connectivity index (χ3v) is 6.44. The lowest BCUT2D eigenvalue weighted by atomic mass is 9.92. The molecule has 6 heteroatoms. The summed E-state index contributed by atoms with van der Waals surface area (Å²) in [5.74, 6) is -0.153. The van der Waals surface area contributed by atoms with Gasteiger partial charge in [0.25, 0.3) is 0 Å². The van der Waals surface area contributed by atoms with E-state index >= 15 is 0 Å². The predicted octanol–water partition coefficient (Wildman–Crippen LogP) is 1.96. The highest BCUT2D eigenvalue weighted by atomic mass is 32.2. The third-order valence-electron chi connectivity index (χ3n) is 4.69. The first-order valence-corrected chi connectivity index (χ1v) is 9.42. The maximum atomic E-state index is 13.1. The van der Waals surface area contributed by atoms with Crippen LogP contribution in [0.2, 0.25) is 0 Å². The number of halogens is 1. The minimum Gasteiger partial charge on any atom is -0.341 e. The first-order valence-electron chi connectivity index (χ1n) is 7.60. The molecule has 22 heavy (non-hydrogen) atoms. The maximum Gasteiger partial charge on any atom is 0.230 e. The lowest BCUT2D eigenvalue weighted by Gasteiger charge is -2.28. The Kier molecular flexibility index (Phi) is 3.97. The zero-order chi connectivity index (χ0) is 15.9. The van der Waals surface area contributed by atoms with Crippen LogP contribution in [-0.2, 0) is 14.6 Å². The molecule has 1 aromatic carbocycles. The number of carbonyl (C=O) groups is 1. The topological polar surface area (TPSA) is 54.5 Å². The zero-order valence-corrected chi connectivity index (χ0v) is 13.4. The number of nitrogens with zero attached hydrogens (tertiary/aromatic N) is 1. The summed E-state index contributed by atoms with van der Waals surface area (Å²) < 4.78 is 36.3. The van der Waals surface area contributed by atoms with Gasteiger partial charge in [-0.05, 0) is 42.9 Å². The predicted molar refractivity (Wildman–Crippen MR) is 81.7 cm³/mol. The number of rotatable bonds is 4. The fraction of sp³-hybridized carbons (Fsp3) is 0.562. The van der Waals surface area contributed by atoms with E-state index in [4.69, 9.17) is 0 Å². The highest BCUT2D eigenvalue weighted by Gasteiger charge is 2.41. The minimum atomic E-state index is -3.02. The van der Waals surface area contributed by atoms with Crippen molar-refractivity contribution in [3.05, 3.63) is 35.6 Å². The van der Waals surface area contributed by atoms with Gasteiger partial charge in [-0.25, -0.2) is 12.8 Å². The number of hydrogen-bond acceptors (Lipinski definition) is 3. The van der Waals surface area contributed by atoms with Crippen molar-refractivity contribution in [2.24, 2.45) is 5.92 Å². The lowest BCUT2D eigenvalue weighted by molar-refractivity contribution is -0.133. The molecule has 1 aliphatic heterocycles. The zero-order valence-electron chi connectivity index (χ0n) is 12.5. The molecule has 1 heterocycles. The Morgan fingerprint density at radius 2 is 1.86 bits per heavy atom. The van der Waals surface area contributed by atoms with Crippen molar-refractivity contribution in [1.82, 2.24) is 4.90 Å². The molecule has 1 saturated carbocycles. The van der Waals surface area contributed by atoms with Crippen molar-refractivity contribution in [2.45, 2.75) is 31.2 Å². The summed E-state index contributed by atoms with van der Waals surface area (Å²) in [6.07, 6.45) is 2.49. The van der Waals surface area contributed by atoms with Gasteiger partial charge in [0, 0.05) is 13.1 Å². The number of carbonyl (C=O) groups excluding carboxylic acids is 1. The van der Waals surface area contributed by atoms with E-state index in [2.05, 4.69) is 0 Å². The van der Waals surface area contributed by atoms with Crippen molar-refractivity contribution >= 4 is 15.7 Å². The van der Waals surface area contributed by atoms with Crippen LogP contribution in [-0.4, -0.2) is 43.8 Å². The van der Waals surface area contributed by atoms with E-state index in [9.17, 15) is 17.6 Å². The Bertz CT molecular complexity index is 667. The van der Waals surface area contributed by atoms with Crippen molar-refractivity contribution in [2.75, 3.05) is 18.6 Å². The van der Waals surface area contributed by atoms with E-state index in [1.807, 2.05) is 0 Å². The van der Waals surface area contributed by atoms with Crippen LogP contribution < -0.4 is 0 Å². The molecular weight excluding hydrogens is 305 g/mol. The normalized spacial score (nSPS) is 24.9. The monoisotopic (exact) mass is 325 g/mol. The van der Waals surface area contributed by atoms with Gasteiger partial charge in [0.2, 0.25) is 5.91 Å². The first kappa shape index (κ1) is 15.5. The average Bonchev–Trinajstić information content (AvgIpc) is 3.23. The molecule has 1 aliphatic carbocycles. The Morgan fingerprint density at radius 1 is 1.23 bits per heavy atom. The largest absolute Gasteiger partial charge is 0.341 e. The lowest BCUT2D eigenvalue weighted by Crippen LogP contribution is -2.41. The molecule has 2 unspecified atom stereocenters. The summed E-state index contributed by atoms with van der Waals surface area (Å²) in [5.41, 5.74) is 0.821. The molecule has 0 bridgehead atoms. The molecule has 0 radical (unpaired) electrons. The Morgan fingerprint density at radius 3 is 2.36 bits per heavy atom. The van der Waals surface area contributed by atoms with Gasteiger partial charge in [-0.1, -0.05) is 12.1 Å². The average molecular weight is 325 g/mol. The van der Waals surface area contributed by atoms with Crippen molar-refractivity contribution in [3.63, 3.8) is 0 Å². The van der Waals surface area contributed by atoms with E-state index in [0.717, 1.165) is 18.4 Å². The molecule has 0 N–H and O–H groups in total. The van der Waals surface area contributed by atoms with Gasteiger partial charge in [-0.3, -0.25) is 4.79 Å². The standard InChI is InChI=1S/C16H20FNO3S/c1-18(14-8-9-22(20,21)10-14)16(19)15(11-2-3-11)12-4-6-13(17)7-5-12/h4-7,11,14-15H,2-3,8-10H2,1H3. The second kappa shape index (κ2) is 5.65. The molecule has 1 aromatic rings. The molecule has 2 aliphatic rings. The number of amides is 1. The summed E-state index contributed by atoms with van der Waals surface area (Å²) in [4.78, 5) is 14.4. The highest BCUT2D eigenvalue weighted by molar-refractivity contribution is 7.91. The van der Waals surface area contributed by atoms with E-state index < -0.39 is 9.84 Å². The van der Waals surface area contributed by atoms with Gasteiger partial charge in [-0.2, -0.15) is 0 Å². The summed E-state index contributed by atoms with van der Waals surface area (Å²) in [7, 11) is -1.33. The molecule has 0 aromatic heterocycles. The molecule has 2 fully saturated rings. The molecular formula is C16H20FNO3S. The van der Waals surface area contributed by atoms with Crippen molar-refractivity contribution in [3.8, 4) is 0 Å². The number of benzene rings is 1. The molecule has 3 rings (SSSR count). The second-order valence-electron chi connectivity index (χ2n) is 6.37. The van der Waals surface area contributed by atoms with Gasteiger partial charge < -0.3 is 4.90 Å². The van der Waals surface area contributed by atoms with E-state index in [-0.39, 0.29) is 35.2 Å². The molecule has 1 saturated heterocycles. The van der Waals surface area contributed by atoms with Gasteiger partial charge in [0.05, 0.1) is 17.4 Å². The van der Waals surface area contributed by atoms with Crippen LogP contribution in [0.4, 0.5) is 4.39 Å². The quantitative estimate of drug-likeness (QED) is 0.850. The van der Waals surface area contributed by atoms with Gasteiger partial charge in [-0.15, -0.1) is 0 Å². The summed E-state index contributed by atoms with van der Waals surface area (Å²) >= 11 is 0. The fourth-order valence-electron chi connectivity index (χ4n) is 3.20. The van der Waals surface area contributed by atoms with Crippen LogP contribution in [0, 0.1) is 11.7 Å². The second-order valence-corrected chi connectivity index (χ2v) is 8.60. The molecule has 1 amide bonds. The molecule has 120 valence electrons. The van der Waals surface area contributed by atoms with Gasteiger partial charge in [0.15, 0.2) is 9.84 Å². The van der Waals surface area contributed by atoms with Crippen molar-refractivity contribution < 1.29 is 17.6 Å². The fourth-order valence-corrected chi connectivity index (χ4v) is 4.97. The first-order chi connectivity index (χ1) is 10.4. The van der Waals surface area contributed by atoms with Crippen LogP contribution >= 0.6 is 0 Å². The Hall–Kier alpha value is -1.43. The van der Waals surface area contributed by atoms with Crippen LogP contribution in [0.15, 0.2) is 24.3 Å². The smallest absolute Gasteiger partial charge is 0.230 e. The molecule has 4 nitrogen and oxygen atoms in total. The van der Waals surface area contributed by atoms with E-state index in [1.54, 1.807) is 24.1 Å². The van der Waals surface area contributed by atoms with E-state index in [0.29, 0.717) is 12.3 Å². The minimum absolute atomic E-state index is 0.0452. The molecule has 2 atom stereocenters.